The van der Waals surface area contributed by atoms with E-state index in [2.05, 4.69) is 98.4 Å². The summed E-state index contributed by atoms with van der Waals surface area (Å²) in [7, 11) is 1.88. The SMILES string of the molecule is COC(=O)c1cc(OC)c(N(CC#Cc2cc3c(NC4CCN(C)CC4CCOCCOCCO[Si](c4ccccc4)(c4ccccc4)C(C)(C)C)cccc3n2CC(F)(F)F)C(=O)OC(C)(C)C)cc1O. The molecule has 1 fully saturated rings. The van der Waals surface area contributed by atoms with Crippen LogP contribution in [0.3, 0.4) is 0 Å². The minimum absolute atomic E-state index is 0.00475. The fourth-order valence-corrected chi connectivity index (χ4v) is 13.9. The molecule has 2 atom stereocenters. The molecule has 0 spiro atoms. The number of aromatic nitrogens is 1. The zero-order valence-electron chi connectivity index (χ0n) is 42.9. The topological polar surface area (TPSA) is 133 Å². The summed E-state index contributed by atoms with van der Waals surface area (Å²) in [5.41, 5.74) is -0.0746. The van der Waals surface area contributed by atoms with Crippen molar-refractivity contribution in [1.82, 2.24) is 9.47 Å². The van der Waals surface area contributed by atoms with Crippen molar-refractivity contribution in [2.24, 2.45) is 5.92 Å². The first kappa shape index (κ1) is 55.3. The van der Waals surface area contributed by atoms with Gasteiger partial charge in [-0.25, -0.2) is 9.59 Å². The summed E-state index contributed by atoms with van der Waals surface area (Å²) < 4.78 is 78.9. The van der Waals surface area contributed by atoms with Crippen LogP contribution in [0.2, 0.25) is 5.04 Å². The van der Waals surface area contributed by atoms with Crippen molar-refractivity contribution >= 4 is 53.0 Å². The number of fused-ring (bicyclic) bond motifs is 1. The van der Waals surface area contributed by atoms with Crippen LogP contribution in [0.25, 0.3) is 10.9 Å². The number of rotatable bonds is 19. The van der Waals surface area contributed by atoms with Gasteiger partial charge in [-0.3, -0.25) is 4.90 Å². The van der Waals surface area contributed by atoms with E-state index in [0.717, 1.165) is 48.6 Å². The maximum atomic E-state index is 14.3. The Kier molecular flexibility index (Phi) is 18.5. The fraction of sp³-hybridized carbons (Fsp3) is 0.455. The van der Waals surface area contributed by atoms with Crippen molar-refractivity contribution < 1.29 is 56.0 Å². The summed E-state index contributed by atoms with van der Waals surface area (Å²) in [5, 5.41) is 17.3. The molecule has 0 aliphatic carbocycles. The van der Waals surface area contributed by atoms with Crippen LogP contribution < -0.4 is 25.3 Å². The molecular formula is C55H69F3N4O9Si. The number of nitrogens with zero attached hydrogens (tertiary/aromatic N) is 3. The molecular weight excluding hydrogens is 946 g/mol. The summed E-state index contributed by atoms with van der Waals surface area (Å²) >= 11 is 0. The Hall–Kier alpha value is -6.03. The van der Waals surface area contributed by atoms with Gasteiger partial charge in [0.1, 0.15) is 29.2 Å². The minimum Gasteiger partial charge on any atom is -0.507 e. The molecule has 72 heavy (non-hydrogen) atoms. The maximum absolute atomic E-state index is 14.3. The van der Waals surface area contributed by atoms with E-state index < -0.39 is 44.5 Å². The van der Waals surface area contributed by atoms with Gasteiger partial charge in [-0.1, -0.05) is 93.4 Å². The van der Waals surface area contributed by atoms with Crippen LogP contribution in [-0.4, -0.2) is 127 Å². The highest BCUT2D eigenvalue weighted by Crippen LogP contribution is 2.38. The monoisotopic (exact) mass is 1010 g/mol. The van der Waals surface area contributed by atoms with Gasteiger partial charge in [0.25, 0.3) is 8.32 Å². The highest BCUT2D eigenvalue weighted by Gasteiger charge is 2.50. The van der Waals surface area contributed by atoms with Gasteiger partial charge in [0, 0.05) is 42.4 Å². The number of halogens is 3. The predicted molar refractivity (Wildman–Crippen MR) is 277 cm³/mol. The van der Waals surface area contributed by atoms with Gasteiger partial charge < -0.3 is 48.0 Å². The number of piperidine rings is 1. The van der Waals surface area contributed by atoms with Gasteiger partial charge in [-0.05, 0) is 92.7 Å². The third kappa shape index (κ3) is 13.9. The molecule has 2 N–H and O–H groups in total. The van der Waals surface area contributed by atoms with E-state index >= 15 is 0 Å². The van der Waals surface area contributed by atoms with E-state index in [4.69, 9.17) is 28.1 Å². The molecule has 388 valence electrons. The van der Waals surface area contributed by atoms with Gasteiger partial charge in [0.15, 0.2) is 0 Å². The summed E-state index contributed by atoms with van der Waals surface area (Å²) in [6.45, 7) is 13.9. The van der Waals surface area contributed by atoms with E-state index in [1.54, 1.807) is 39.0 Å². The molecule has 1 amide bonds. The number of hydrogen-bond acceptors (Lipinski definition) is 11. The number of benzene rings is 4. The van der Waals surface area contributed by atoms with Crippen LogP contribution in [0.15, 0.2) is 97.1 Å². The molecule has 6 rings (SSSR count). The number of carbonyl (C=O) groups is 2. The number of aromatic hydroxyl groups is 1. The molecule has 2 heterocycles. The predicted octanol–water partition coefficient (Wildman–Crippen LogP) is 9.23. The van der Waals surface area contributed by atoms with Gasteiger partial charge >= 0.3 is 18.2 Å². The van der Waals surface area contributed by atoms with Gasteiger partial charge in [0.05, 0.1) is 64.1 Å². The molecule has 2 unspecified atom stereocenters. The molecule has 1 aliphatic rings. The number of amides is 1. The van der Waals surface area contributed by atoms with Crippen LogP contribution in [0.1, 0.15) is 70.4 Å². The van der Waals surface area contributed by atoms with Gasteiger partial charge in [-0.2, -0.15) is 13.2 Å². The maximum Gasteiger partial charge on any atom is 0.415 e. The number of carbonyl (C=O) groups excluding carboxylic acids is 2. The first-order chi connectivity index (χ1) is 34.2. The lowest BCUT2D eigenvalue weighted by Crippen LogP contribution is -2.66. The number of phenols is 1. The largest absolute Gasteiger partial charge is 0.507 e. The fourth-order valence-electron chi connectivity index (χ4n) is 9.31. The Morgan fingerprint density at radius 3 is 2.08 bits per heavy atom. The van der Waals surface area contributed by atoms with Crippen molar-refractivity contribution in [2.75, 3.05) is 84.2 Å². The summed E-state index contributed by atoms with van der Waals surface area (Å²) in [4.78, 5) is 29.3. The molecule has 4 aromatic carbocycles. The molecule has 17 heteroatoms. The number of phenolic OH excluding ortho intramolecular Hbond substituents is 1. The molecule has 0 saturated carbocycles. The minimum atomic E-state index is -4.58. The number of anilines is 2. The van der Waals surface area contributed by atoms with Crippen molar-refractivity contribution in [3.8, 4) is 23.3 Å². The van der Waals surface area contributed by atoms with Crippen LogP contribution >= 0.6 is 0 Å². The van der Waals surface area contributed by atoms with Crippen molar-refractivity contribution in [3.63, 3.8) is 0 Å². The molecule has 5 aromatic rings. The number of alkyl halides is 3. The zero-order chi connectivity index (χ0) is 52.3. The second kappa shape index (κ2) is 24.1. The van der Waals surface area contributed by atoms with Crippen LogP contribution in [0, 0.1) is 17.8 Å². The first-order valence-corrected chi connectivity index (χ1v) is 26.1. The van der Waals surface area contributed by atoms with Crippen molar-refractivity contribution in [2.45, 2.75) is 83.8 Å². The van der Waals surface area contributed by atoms with Crippen molar-refractivity contribution in [3.05, 3.63) is 108 Å². The third-order valence-electron chi connectivity index (χ3n) is 12.6. The van der Waals surface area contributed by atoms with Crippen molar-refractivity contribution in [1.29, 1.82) is 0 Å². The number of likely N-dealkylation sites (tertiary alicyclic amines) is 1. The smallest absolute Gasteiger partial charge is 0.415 e. The highest BCUT2D eigenvalue weighted by atomic mass is 28.4. The summed E-state index contributed by atoms with van der Waals surface area (Å²) in [5.74, 6) is 4.59. The summed E-state index contributed by atoms with van der Waals surface area (Å²) in [6.07, 6.45) is -3.89. The quantitative estimate of drug-likeness (QED) is 0.0355. The van der Waals surface area contributed by atoms with E-state index in [9.17, 15) is 27.9 Å². The Labute approximate surface area is 422 Å². The molecule has 0 radical (unpaired) electrons. The summed E-state index contributed by atoms with van der Waals surface area (Å²) in [6, 6.07) is 30.2. The zero-order valence-corrected chi connectivity index (χ0v) is 43.9. The second-order valence-electron chi connectivity index (χ2n) is 20.0. The molecule has 13 nitrogen and oxygen atoms in total. The number of ether oxygens (including phenoxy) is 5. The Morgan fingerprint density at radius 1 is 0.847 bits per heavy atom. The van der Waals surface area contributed by atoms with Gasteiger partial charge in [-0.15, -0.1) is 0 Å². The van der Waals surface area contributed by atoms with E-state index in [0.29, 0.717) is 49.6 Å². The highest BCUT2D eigenvalue weighted by molar-refractivity contribution is 6.99. The lowest BCUT2D eigenvalue weighted by Gasteiger charge is -2.43. The Morgan fingerprint density at radius 2 is 1.49 bits per heavy atom. The van der Waals surface area contributed by atoms with E-state index in [1.165, 1.54) is 23.5 Å². The number of hydrogen-bond donors (Lipinski definition) is 2. The average molecular weight is 1020 g/mol. The molecule has 1 aliphatic heterocycles. The lowest BCUT2D eigenvalue weighted by atomic mass is 9.89. The first-order valence-electron chi connectivity index (χ1n) is 24.2. The van der Waals surface area contributed by atoms with E-state index in [-0.39, 0.29) is 46.2 Å². The number of esters is 1. The Balaban J connectivity index is 1.13. The normalized spacial score (nSPS) is 15.7. The average Bonchev–Trinajstić information content (AvgIpc) is 3.67. The molecule has 1 aromatic heterocycles. The standard InChI is InChI=1S/C55H69F3N4O9Si/c1-53(2,3)71-52(65)61(48-36-49(63)44(51(64)67-9)35-50(48)66-8)27-17-18-40-34-43-46(23-16-24-47(43)62(40)38-55(56,57)58)59-45-25-28-60(7)37-39(45)26-29-68-30-31-69-32-33-70-72(54(4,5)6,41-19-12-10-13-20-41)42-21-14-11-15-22-42/h10-16,19-24,34-36,39,45,59,63H,25-33,37-38H2,1-9H3. The van der Waals surface area contributed by atoms with E-state index in [1.807, 2.05) is 18.2 Å². The van der Waals surface area contributed by atoms with Gasteiger partial charge in [0.2, 0.25) is 0 Å². The van der Waals surface area contributed by atoms with Crippen LogP contribution in [0.5, 0.6) is 11.5 Å². The number of methoxy groups -OCH3 is 2. The number of nitrogens with one attached hydrogen (secondary N) is 1. The third-order valence-corrected chi connectivity index (χ3v) is 17.6. The second-order valence-corrected chi connectivity index (χ2v) is 24.3. The lowest BCUT2D eigenvalue weighted by molar-refractivity contribution is -0.140. The Bertz CT molecular complexity index is 2620. The molecule has 0 bridgehead atoms. The molecule has 1 saturated heterocycles. The van der Waals surface area contributed by atoms with Crippen LogP contribution in [0.4, 0.5) is 29.3 Å². The van der Waals surface area contributed by atoms with Crippen LogP contribution in [-0.2, 0) is 29.9 Å².